The lowest BCUT2D eigenvalue weighted by atomic mass is 10.1. The summed E-state index contributed by atoms with van der Waals surface area (Å²) in [6, 6.07) is 15.2. The Morgan fingerprint density at radius 2 is 1.75 bits per heavy atom. The van der Waals surface area contributed by atoms with Crippen LogP contribution in [0.25, 0.3) is 6.08 Å². The van der Waals surface area contributed by atoms with E-state index in [0.29, 0.717) is 24.5 Å². The van der Waals surface area contributed by atoms with Gasteiger partial charge in [0.25, 0.3) is 5.91 Å². The van der Waals surface area contributed by atoms with Crippen LogP contribution in [0.15, 0.2) is 54.1 Å². The zero-order valence-corrected chi connectivity index (χ0v) is 13.0. The highest BCUT2D eigenvalue weighted by Crippen LogP contribution is 2.30. The maximum absolute atomic E-state index is 12.3. The molecule has 0 saturated heterocycles. The summed E-state index contributed by atoms with van der Waals surface area (Å²) in [5, 5.41) is 2.89. The Labute approximate surface area is 139 Å². The molecule has 5 heteroatoms. The van der Waals surface area contributed by atoms with Gasteiger partial charge in [0.15, 0.2) is 11.5 Å². The van der Waals surface area contributed by atoms with Crippen molar-refractivity contribution in [3.8, 4) is 17.2 Å². The second kappa shape index (κ2) is 6.28. The van der Waals surface area contributed by atoms with E-state index in [-0.39, 0.29) is 18.6 Å². The molecule has 0 fully saturated rings. The zero-order valence-electron chi connectivity index (χ0n) is 13.0. The molecule has 1 atom stereocenters. The van der Waals surface area contributed by atoms with Gasteiger partial charge in [0.2, 0.25) is 0 Å². The molecule has 2 heterocycles. The summed E-state index contributed by atoms with van der Waals surface area (Å²) < 4.78 is 17.1. The molecule has 1 amide bonds. The Hall–Kier alpha value is -2.95. The van der Waals surface area contributed by atoms with E-state index in [1.165, 1.54) is 0 Å². The summed E-state index contributed by atoms with van der Waals surface area (Å²) in [6.07, 6.45) is 1.66. The molecule has 2 aromatic carbocycles. The van der Waals surface area contributed by atoms with Crippen LogP contribution in [0.2, 0.25) is 0 Å². The molecule has 24 heavy (non-hydrogen) atoms. The van der Waals surface area contributed by atoms with Gasteiger partial charge in [-0.25, -0.2) is 0 Å². The fourth-order valence-corrected chi connectivity index (χ4v) is 2.73. The number of para-hydroxylation sites is 3. The first kappa shape index (κ1) is 14.6. The number of ether oxygens (including phenoxy) is 3. The average molecular weight is 323 g/mol. The molecule has 2 aliphatic rings. The Balaban J connectivity index is 1.37. The van der Waals surface area contributed by atoms with Gasteiger partial charge in [0.05, 0.1) is 12.1 Å². The maximum Gasteiger partial charge on any atom is 0.250 e. The third kappa shape index (κ3) is 2.93. The normalized spacial score (nSPS) is 18.0. The molecule has 0 saturated carbocycles. The quantitative estimate of drug-likeness (QED) is 0.942. The highest BCUT2D eigenvalue weighted by Gasteiger charge is 2.22. The van der Waals surface area contributed by atoms with Gasteiger partial charge in [0, 0.05) is 5.56 Å². The van der Waals surface area contributed by atoms with Gasteiger partial charge in [-0.15, -0.1) is 0 Å². The maximum atomic E-state index is 12.3. The van der Waals surface area contributed by atoms with E-state index in [4.69, 9.17) is 14.2 Å². The molecular weight excluding hydrogens is 306 g/mol. The highest BCUT2D eigenvalue weighted by molar-refractivity contribution is 5.99. The van der Waals surface area contributed by atoms with Crippen LogP contribution in [-0.2, 0) is 4.79 Å². The number of hydrogen-bond donors (Lipinski definition) is 1. The van der Waals surface area contributed by atoms with Crippen LogP contribution in [0.5, 0.6) is 17.2 Å². The summed E-state index contributed by atoms with van der Waals surface area (Å²) in [7, 11) is 0. The fourth-order valence-electron chi connectivity index (χ4n) is 2.73. The van der Waals surface area contributed by atoms with Crippen LogP contribution in [0.4, 0.5) is 0 Å². The number of amides is 1. The Bertz CT molecular complexity index is 799. The molecule has 0 aromatic heterocycles. The van der Waals surface area contributed by atoms with Crippen molar-refractivity contribution >= 4 is 12.0 Å². The summed E-state index contributed by atoms with van der Waals surface area (Å²) in [4.78, 5) is 12.3. The number of carbonyl (C=O) groups is 1. The minimum atomic E-state index is -0.207. The van der Waals surface area contributed by atoms with Crippen LogP contribution in [0.3, 0.4) is 0 Å². The van der Waals surface area contributed by atoms with Crippen LogP contribution in [-0.4, -0.2) is 31.8 Å². The topological polar surface area (TPSA) is 56.8 Å². The molecule has 0 radical (unpaired) electrons. The van der Waals surface area contributed by atoms with Crippen LogP contribution in [0.1, 0.15) is 5.56 Å². The summed E-state index contributed by atoms with van der Waals surface area (Å²) in [6.45, 7) is 1.07. The van der Waals surface area contributed by atoms with Crippen molar-refractivity contribution in [3.05, 3.63) is 59.7 Å². The lowest BCUT2D eigenvalue weighted by Crippen LogP contribution is -2.41. The smallest absolute Gasteiger partial charge is 0.250 e. The van der Waals surface area contributed by atoms with Crippen molar-refractivity contribution in [1.82, 2.24) is 5.32 Å². The molecule has 2 aromatic rings. The van der Waals surface area contributed by atoms with E-state index < -0.39 is 0 Å². The van der Waals surface area contributed by atoms with Crippen LogP contribution in [0, 0.1) is 0 Å². The number of hydrogen-bond acceptors (Lipinski definition) is 4. The fraction of sp³-hybridized carbons (Fsp3) is 0.211. The summed E-state index contributed by atoms with van der Waals surface area (Å²) >= 11 is 0. The van der Waals surface area contributed by atoms with Gasteiger partial charge in [-0.05, 0) is 24.3 Å². The minimum absolute atomic E-state index is 0.146. The van der Waals surface area contributed by atoms with E-state index in [2.05, 4.69) is 5.32 Å². The first-order valence-electron chi connectivity index (χ1n) is 7.89. The Morgan fingerprint density at radius 3 is 2.62 bits per heavy atom. The second-order valence-electron chi connectivity index (χ2n) is 5.70. The summed E-state index contributed by atoms with van der Waals surface area (Å²) in [5.41, 5.74) is 1.52. The molecular formula is C19H17NO4. The monoisotopic (exact) mass is 323 g/mol. The van der Waals surface area contributed by atoms with E-state index in [1.807, 2.05) is 54.6 Å². The van der Waals surface area contributed by atoms with Crippen molar-refractivity contribution in [2.24, 2.45) is 0 Å². The lowest BCUT2D eigenvalue weighted by molar-refractivity contribution is -0.118. The Morgan fingerprint density at radius 1 is 1.00 bits per heavy atom. The number of rotatable bonds is 3. The van der Waals surface area contributed by atoms with Gasteiger partial charge in [-0.2, -0.15) is 0 Å². The second-order valence-corrected chi connectivity index (χ2v) is 5.70. The van der Waals surface area contributed by atoms with Crippen LogP contribution >= 0.6 is 0 Å². The number of fused-ring (bicyclic) bond motifs is 2. The number of carbonyl (C=O) groups excluding carboxylic acids is 1. The molecule has 0 aliphatic carbocycles. The molecule has 0 bridgehead atoms. The van der Waals surface area contributed by atoms with E-state index >= 15 is 0 Å². The van der Waals surface area contributed by atoms with Crippen molar-refractivity contribution in [1.29, 1.82) is 0 Å². The predicted molar refractivity (Wildman–Crippen MR) is 89.3 cm³/mol. The predicted octanol–water partition coefficient (Wildman–Crippen LogP) is 2.42. The summed E-state index contributed by atoms with van der Waals surface area (Å²) in [5.74, 6) is 2.10. The van der Waals surface area contributed by atoms with Gasteiger partial charge >= 0.3 is 0 Å². The SMILES string of the molecule is O=C(NCC1COc2ccccc2O1)C1=Cc2ccccc2OC1. The molecule has 122 valence electrons. The van der Waals surface area contributed by atoms with Crippen molar-refractivity contribution in [2.75, 3.05) is 19.8 Å². The lowest BCUT2D eigenvalue weighted by Gasteiger charge is -2.26. The molecule has 1 N–H and O–H groups in total. The Kier molecular flexibility index (Phi) is 3.83. The van der Waals surface area contributed by atoms with Gasteiger partial charge in [-0.3, -0.25) is 4.79 Å². The van der Waals surface area contributed by atoms with Gasteiger partial charge in [-0.1, -0.05) is 30.3 Å². The zero-order chi connectivity index (χ0) is 16.4. The molecule has 5 nitrogen and oxygen atoms in total. The van der Waals surface area contributed by atoms with Gasteiger partial charge < -0.3 is 19.5 Å². The van der Waals surface area contributed by atoms with Crippen molar-refractivity contribution in [2.45, 2.75) is 6.10 Å². The van der Waals surface area contributed by atoms with E-state index in [9.17, 15) is 4.79 Å². The third-order valence-electron chi connectivity index (χ3n) is 3.98. The first-order chi connectivity index (χ1) is 11.8. The van der Waals surface area contributed by atoms with E-state index in [0.717, 1.165) is 17.1 Å². The van der Waals surface area contributed by atoms with Crippen molar-refractivity contribution in [3.63, 3.8) is 0 Å². The standard InChI is InChI=1S/C19H17NO4/c21-19(14-9-13-5-1-2-6-16(13)22-11-14)20-10-15-12-23-17-7-3-4-8-18(17)24-15/h1-9,15H,10-12H2,(H,20,21). The highest BCUT2D eigenvalue weighted by atomic mass is 16.6. The largest absolute Gasteiger partial charge is 0.488 e. The van der Waals surface area contributed by atoms with Crippen molar-refractivity contribution < 1.29 is 19.0 Å². The molecule has 2 aliphatic heterocycles. The molecule has 1 unspecified atom stereocenters. The number of benzene rings is 2. The van der Waals surface area contributed by atoms with Crippen LogP contribution < -0.4 is 19.5 Å². The average Bonchev–Trinajstić information content (AvgIpc) is 2.65. The molecule has 4 rings (SSSR count). The minimum Gasteiger partial charge on any atom is -0.488 e. The third-order valence-corrected chi connectivity index (χ3v) is 3.98. The molecule has 0 spiro atoms. The number of nitrogens with one attached hydrogen (secondary N) is 1. The first-order valence-corrected chi connectivity index (χ1v) is 7.89. The van der Waals surface area contributed by atoms with E-state index in [1.54, 1.807) is 0 Å². The van der Waals surface area contributed by atoms with Gasteiger partial charge in [0.1, 0.15) is 25.1 Å².